The number of hydrogen-bond donors (Lipinski definition) is 4. The summed E-state index contributed by atoms with van der Waals surface area (Å²) in [5, 5.41) is 12.1. The van der Waals surface area contributed by atoms with Gasteiger partial charge in [-0.3, -0.25) is 9.59 Å². The van der Waals surface area contributed by atoms with E-state index in [0.717, 1.165) is 60.5 Å². The number of nitrogens with one attached hydrogen (secondary N) is 4. The van der Waals surface area contributed by atoms with Gasteiger partial charge in [-0.05, 0) is 93.5 Å². The molecule has 6 rings (SSSR count). The zero-order valence-corrected chi connectivity index (χ0v) is 32.2. The van der Waals surface area contributed by atoms with Crippen LogP contribution in [-0.2, 0) is 20.7 Å². The number of unbranched alkanes of at least 4 members (excludes halogenated alkanes) is 1. The van der Waals surface area contributed by atoms with Crippen LogP contribution in [-0.4, -0.2) is 73.1 Å². The first-order valence-corrected chi connectivity index (χ1v) is 19.4. The smallest absolute Gasteiger partial charge is 0.328 e. The Morgan fingerprint density at radius 1 is 0.925 bits per heavy atom. The van der Waals surface area contributed by atoms with Crippen LogP contribution in [0.2, 0.25) is 0 Å². The number of methoxy groups -OCH3 is 1. The summed E-state index contributed by atoms with van der Waals surface area (Å²) in [6, 6.07) is 14.6. The van der Waals surface area contributed by atoms with Crippen molar-refractivity contribution in [1.29, 1.82) is 0 Å². The van der Waals surface area contributed by atoms with Gasteiger partial charge in [0.05, 0.1) is 19.2 Å². The van der Waals surface area contributed by atoms with Crippen molar-refractivity contribution in [3.05, 3.63) is 94.1 Å². The number of thioether (sulfide) groups is 1. The third-order valence-electron chi connectivity index (χ3n) is 10.2. The van der Waals surface area contributed by atoms with E-state index in [1.165, 1.54) is 29.5 Å². The maximum atomic E-state index is 13.4. The molecule has 1 unspecified atom stereocenters. The Bertz CT molecular complexity index is 1840. The molecule has 280 valence electrons. The number of ether oxygens (including phenoxy) is 1. The van der Waals surface area contributed by atoms with E-state index in [2.05, 4.69) is 96.6 Å². The lowest BCUT2D eigenvalue weighted by molar-refractivity contribution is -0.142. The highest BCUT2D eigenvalue weighted by Gasteiger charge is 2.42. The number of hydrogen-bond acceptors (Lipinski definition) is 8. The van der Waals surface area contributed by atoms with E-state index in [4.69, 9.17) is 4.74 Å². The second-order valence-electron chi connectivity index (χ2n) is 14.5. The van der Waals surface area contributed by atoms with Crippen LogP contribution in [0.5, 0.6) is 0 Å². The maximum absolute atomic E-state index is 13.4. The SMILES string of the molecule is COC(=O)C(Cc1cc(C)c(N2[C]N(c3c(C)cc(C)cc3C)CC2)c(C)c1)NC(=O)c1cccc(NC(=O)CCCC[C@@H]2SC[C@@H]3NC(=O)N[C@@H]32)c1. The minimum Gasteiger partial charge on any atom is -0.467 e. The number of nitrogens with zero attached hydrogens (tertiary/aromatic N) is 2. The lowest BCUT2D eigenvalue weighted by Crippen LogP contribution is -2.43. The first-order chi connectivity index (χ1) is 25.4. The van der Waals surface area contributed by atoms with E-state index in [0.29, 0.717) is 22.9 Å². The molecule has 11 nitrogen and oxygen atoms in total. The van der Waals surface area contributed by atoms with Crippen molar-refractivity contribution in [1.82, 2.24) is 16.0 Å². The molecule has 0 aliphatic carbocycles. The zero-order chi connectivity index (χ0) is 37.8. The van der Waals surface area contributed by atoms with E-state index < -0.39 is 17.9 Å². The molecule has 3 aliphatic heterocycles. The van der Waals surface area contributed by atoms with Crippen LogP contribution >= 0.6 is 11.8 Å². The Kier molecular flexibility index (Phi) is 11.9. The number of fused-ring (bicyclic) bond motifs is 1. The van der Waals surface area contributed by atoms with E-state index in [1.54, 1.807) is 24.3 Å². The molecule has 53 heavy (non-hydrogen) atoms. The van der Waals surface area contributed by atoms with Crippen molar-refractivity contribution < 1.29 is 23.9 Å². The van der Waals surface area contributed by atoms with Crippen molar-refractivity contribution in [2.75, 3.05) is 41.1 Å². The van der Waals surface area contributed by atoms with Gasteiger partial charge in [0.2, 0.25) is 12.6 Å². The van der Waals surface area contributed by atoms with Gasteiger partial charge in [0.1, 0.15) is 6.04 Å². The van der Waals surface area contributed by atoms with Crippen LogP contribution in [0, 0.1) is 41.3 Å². The highest BCUT2D eigenvalue weighted by atomic mass is 32.2. The lowest BCUT2D eigenvalue weighted by atomic mass is 9.98. The minimum atomic E-state index is -0.912. The summed E-state index contributed by atoms with van der Waals surface area (Å²) in [5.74, 6) is -0.197. The Hall–Kier alpha value is -4.71. The second kappa shape index (κ2) is 16.5. The number of carbonyl (C=O) groups excluding carboxylic acids is 4. The largest absolute Gasteiger partial charge is 0.467 e. The van der Waals surface area contributed by atoms with E-state index in [9.17, 15) is 19.2 Å². The van der Waals surface area contributed by atoms with Crippen LogP contribution < -0.4 is 31.1 Å². The van der Waals surface area contributed by atoms with Gasteiger partial charge in [-0.2, -0.15) is 11.8 Å². The second-order valence-corrected chi connectivity index (χ2v) is 15.8. The number of aryl methyl sites for hydroxylation is 5. The average Bonchev–Trinajstić information content (AvgIpc) is 3.82. The molecule has 3 saturated heterocycles. The van der Waals surface area contributed by atoms with Crippen molar-refractivity contribution in [3.63, 3.8) is 0 Å². The van der Waals surface area contributed by atoms with E-state index >= 15 is 0 Å². The van der Waals surface area contributed by atoms with Crippen molar-refractivity contribution in [3.8, 4) is 0 Å². The molecule has 3 aliphatic rings. The quantitative estimate of drug-likeness (QED) is 0.0994. The summed E-state index contributed by atoms with van der Waals surface area (Å²) in [4.78, 5) is 55.1. The van der Waals surface area contributed by atoms with Crippen molar-refractivity contribution in [2.45, 2.75) is 90.1 Å². The van der Waals surface area contributed by atoms with Crippen LogP contribution in [0.25, 0.3) is 0 Å². The molecule has 2 radical (unpaired) electrons. The number of carbonyl (C=O) groups is 4. The topological polar surface area (TPSA) is 132 Å². The van der Waals surface area contributed by atoms with Gasteiger partial charge >= 0.3 is 12.0 Å². The molecule has 12 heteroatoms. The molecular formula is C41H50N6O5S. The van der Waals surface area contributed by atoms with Crippen LogP contribution in [0.4, 0.5) is 21.9 Å². The molecule has 4 N–H and O–H groups in total. The van der Waals surface area contributed by atoms with Crippen LogP contribution in [0.3, 0.4) is 0 Å². The fraction of sp³-hybridized carbons (Fsp3) is 0.439. The minimum absolute atomic E-state index is 0.0937. The Labute approximate surface area is 317 Å². The highest BCUT2D eigenvalue weighted by Crippen LogP contribution is 2.36. The molecule has 0 saturated carbocycles. The molecule has 0 aromatic heterocycles. The molecule has 3 fully saturated rings. The summed E-state index contributed by atoms with van der Waals surface area (Å²) in [6.45, 7) is 15.7. The number of anilines is 3. The summed E-state index contributed by atoms with van der Waals surface area (Å²) in [5.41, 5.74) is 9.81. The van der Waals surface area contributed by atoms with E-state index in [-0.39, 0.29) is 30.4 Å². The fourth-order valence-corrected chi connectivity index (χ4v) is 9.55. The number of urea groups is 1. The normalized spacial score (nSPS) is 19.7. The van der Waals surface area contributed by atoms with Gasteiger partial charge in [-0.15, -0.1) is 0 Å². The third kappa shape index (κ3) is 8.92. The van der Waals surface area contributed by atoms with Gasteiger partial charge in [-0.25, -0.2) is 9.59 Å². The first kappa shape index (κ1) is 38.0. The molecule has 0 spiro atoms. The summed E-state index contributed by atoms with van der Waals surface area (Å²) in [7, 11) is 1.31. The average molecular weight is 739 g/mol. The molecule has 4 amide bonds. The number of esters is 1. The van der Waals surface area contributed by atoms with Gasteiger partial charge in [-0.1, -0.05) is 42.3 Å². The lowest BCUT2D eigenvalue weighted by Gasteiger charge is -2.25. The number of amides is 4. The fourth-order valence-electron chi connectivity index (χ4n) is 8.01. The number of benzene rings is 3. The van der Waals surface area contributed by atoms with Gasteiger partial charge < -0.3 is 35.8 Å². The molecule has 0 bridgehead atoms. The van der Waals surface area contributed by atoms with E-state index in [1.807, 2.05) is 11.8 Å². The molecule has 3 aromatic rings. The third-order valence-corrected chi connectivity index (χ3v) is 11.7. The summed E-state index contributed by atoms with van der Waals surface area (Å²) in [6.07, 6.45) is 3.14. The van der Waals surface area contributed by atoms with Gasteiger partial charge in [0, 0.05) is 59.6 Å². The molecule has 4 atom stereocenters. The van der Waals surface area contributed by atoms with Crippen LogP contribution in [0.15, 0.2) is 48.5 Å². The van der Waals surface area contributed by atoms with Gasteiger partial charge in [0.25, 0.3) is 5.91 Å². The Morgan fingerprint density at radius 3 is 2.25 bits per heavy atom. The molecular weight excluding hydrogens is 689 g/mol. The van der Waals surface area contributed by atoms with Crippen molar-refractivity contribution >= 4 is 52.6 Å². The van der Waals surface area contributed by atoms with Crippen molar-refractivity contribution in [2.24, 2.45) is 0 Å². The Morgan fingerprint density at radius 2 is 1.58 bits per heavy atom. The predicted molar refractivity (Wildman–Crippen MR) is 211 cm³/mol. The molecule has 3 heterocycles. The predicted octanol–water partition coefficient (Wildman–Crippen LogP) is 5.73. The standard InChI is InChI=1S/C41H50N6O5S/c1-24-16-25(2)37(26(3)17-24)46-14-15-47(23-46)38-27(4)18-29(19-28(38)5)20-32(40(50)52-6)43-39(49)30-10-9-11-31(21-30)42-35(48)13-8-7-12-34-36-33(22-53-34)44-41(51)45-36/h9-11,16-19,21,32-34,36H,7-8,12-15,20,22H2,1-6H3,(H,42,48)(H,43,49)(H2,44,45,51)/t32?,33-,34-,36-/m0/s1. The molecule has 3 aromatic carbocycles. The maximum Gasteiger partial charge on any atom is 0.328 e. The first-order valence-electron chi connectivity index (χ1n) is 18.4. The zero-order valence-electron chi connectivity index (χ0n) is 31.4. The number of rotatable bonds is 13. The van der Waals surface area contributed by atoms with Gasteiger partial charge in [0.15, 0.2) is 0 Å². The summed E-state index contributed by atoms with van der Waals surface area (Å²) < 4.78 is 5.09. The van der Waals surface area contributed by atoms with Crippen LogP contribution in [0.1, 0.15) is 69.4 Å². The Balaban J connectivity index is 1.03. The summed E-state index contributed by atoms with van der Waals surface area (Å²) >= 11 is 1.87. The highest BCUT2D eigenvalue weighted by molar-refractivity contribution is 8.00. The monoisotopic (exact) mass is 738 g/mol.